The molecule has 0 saturated carbocycles. The van der Waals surface area contributed by atoms with E-state index in [0.717, 1.165) is 11.5 Å². The molecule has 9 heteroatoms. The van der Waals surface area contributed by atoms with Crippen LogP contribution in [0.15, 0.2) is 29.4 Å². The van der Waals surface area contributed by atoms with E-state index < -0.39 is 0 Å². The van der Waals surface area contributed by atoms with Gasteiger partial charge in [0.1, 0.15) is 5.82 Å². The zero-order valence-electron chi connectivity index (χ0n) is 17.1. The van der Waals surface area contributed by atoms with E-state index in [1.165, 1.54) is 11.8 Å². The van der Waals surface area contributed by atoms with Gasteiger partial charge in [0, 0.05) is 36.6 Å². The molecular formula is C20H26ClN5O2S. The van der Waals surface area contributed by atoms with Crippen molar-refractivity contribution in [3.63, 3.8) is 0 Å². The Balaban J connectivity index is 1.63. The van der Waals surface area contributed by atoms with E-state index in [2.05, 4.69) is 10.2 Å². The van der Waals surface area contributed by atoms with Crippen molar-refractivity contribution >= 4 is 35.2 Å². The number of halogens is 1. The Hall–Kier alpha value is -2.06. The van der Waals surface area contributed by atoms with Crippen LogP contribution in [0.2, 0.25) is 5.02 Å². The minimum absolute atomic E-state index is 0.0185. The lowest BCUT2D eigenvalue weighted by Gasteiger charge is -2.40. The molecule has 1 unspecified atom stereocenters. The van der Waals surface area contributed by atoms with Gasteiger partial charge in [0.25, 0.3) is 0 Å². The van der Waals surface area contributed by atoms with Crippen LogP contribution < -0.4 is 0 Å². The highest BCUT2D eigenvalue weighted by atomic mass is 35.5. The number of carbonyl (C=O) groups excluding carboxylic acids is 2. The van der Waals surface area contributed by atoms with Crippen LogP contribution in [-0.4, -0.2) is 67.8 Å². The molecule has 0 aliphatic carbocycles. The number of aryl methyl sites for hydroxylation is 1. The van der Waals surface area contributed by atoms with Crippen molar-refractivity contribution in [1.29, 1.82) is 0 Å². The van der Waals surface area contributed by atoms with Gasteiger partial charge < -0.3 is 9.80 Å². The number of nitrogens with zero attached hydrogens (tertiary/aromatic N) is 5. The molecular weight excluding hydrogens is 410 g/mol. The summed E-state index contributed by atoms with van der Waals surface area (Å²) in [5, 5.41) is 9.65. The molecule has 2 aromatic rings. The highest BCUT2D eigenvalue weighted by Gasteiger charge is 2.30. The van der Waals surface area contributed by atoms with Crippen LogP contribution in [0.3, 0.4) is 0 Å². The fourth-order valence-corrected chi connectivity index (χ4v) is 4.49. The molecule has 2 amide bonds. The third-order valence-electron chi connectivity index (χ3n) is 4.94. The van der Waals surface area contributed by atoms with Gasteiger partial charge >= 0.3 is 0 Å². The van der Waals surface area contributed by atoms with Crippen molar-refractivity contribution < 1.29 is 9.59 Å². The Morgan fingerprint density at radius 3 is 2.69 bits per heavy atom. The fraction of sp³-hybridized carbons (Fsp3) is 0.500. The summed E-state index contributed by atoms with van der Waals surface area (Å²) in [6.45, 7) is 9.35. The summed E-state index contributed by atoms with van der Waals surface area (Å²) in [4.78, 5) is 28.7. The zero-order valence-corrected chi connectivity index (χ0v) is 18.7. The van der Waals surface area contributed by atoms with Crippen LogP contribution in [-0.2, 0) is 9.59 Å². The van der Waals surface area contributed by atoms with Gasteiger partial charge in [-0.1, -0.05) is 43.3 Å². The maximum absolute atomic E-state index is 12.8. The summed E-state index contributed by atoms with van der Waals surface area (Å²) in [6.07, 6.45) is 0. The van der Waals surface area contributed by atoms with Crippen LogP contribution in [0.25, 0.3) is 5.69 Å². The molecule has 156 valence electrons. The standard InChI is InChI=1S/C20H26ClN5O2S/c1-13(2)19(28)25-9-8-24(11-14(25)3)18(27)12-29-20-23-22-15(4)26(20)17-7-5-6-16(21)10-17/h5-7,10,13-14H,8-9,11-12H2,1-4H3. The molecule has 7 nitrogen and oxygen atoms in total. The first kappa shape index (κ1) is 21.6. The highest BCUT2D eigenvalue weighted by molar-refractivity contribution is 7.99. The van der Waals surface area contributed by atoms with Gasteiger partial charge in [-0.2, -0.15) is 0 Å². The van der Waals surface area contributed by atoms with Crippen LogP contribution in [0.4, 0.5) is 0 Å². The van der Waals surface area contributed by atoms with E-state index in [4.69, 9.17) is 11.6 Å². The number of rotatable bonds is 5. The normalized spacial score (nSPS) is 17.1. The number of thioether (sulfide) groups is 1. The van der Waals surface area contributed by atoms with Crippen molar-refractivity contribution in [3.8, 4) is 5.69 Å². The number of benzene rings is 1. The van der Waals surface area contributed by atoms with Crippen LogP contribution >= 0.6 is 23.4 Å². The molecule has 1 saturated heterocycles. The number of hydrogen-bond acceptors (Lipinski definition) is 5. The minimum Gasteiger partial charge on any atom is -0.338 e. The lowest BCUT2D eigenvalue weighted by atomic mass is 10.1. The molecule has 1 aromatic carbocycles. The van der Waals surface area contributed by atoms with Crippen LogP contribution in [0, 0.1) is 12.8 Å². The van der Waals surface area contributed by atoms with Gasteiger partial charge in [0.15, 0.2) is 5.16 Å². The molecule has 0 bridgehead atoms. The molecule has 1 atom stereocenters. The first-order valence-electron chi connectivity index (χ1n) is 9.67. The first-order chi connectivity index (χ1) is 13.8. The second-order valence-corrected chi connectivity index (χ2v) is 8.89. The third kappa shape index (κ3) is 4.93. The maximum atomic E-state index is 12.8. The van der Waals surface area contributed by atoms with Gasteiger partial charge in [0.05, 0.1) is 11.4 Å². The number of hydrogen-bond donors (Lipinski definition) is 0. The Morgan fingerprint density at radius 2 is 2.03 bits per heavy atom. The first-order valence-corrected chi connectivity index (χ1v) is 11.0. The van der Waals surface area contributed by atoms with Crippen molar-refractivity contribution in [3.05, 3.63) is 35.1 Å². The smallest absolute Gasteiger partial charge is 0.233 e. The summed E-state index contributed by atoms with van der Waals surface area (Å²) < 4.78 is 1.89. The number of carbonyl (C=O) groups is 2. The average molecular weight is 436 g/mol. The molecule has 29 heavy (non-hydrogen) atoms. The summed E-state index contributed by atoms with van der Waals surface area (Å²) in [7, 11) is 0. The molecule has 1 aromatic heterocycles. The number of piperazine rings is 1. The topological polar surface area (TPSA) is 71.3 Å². The largest absolute Gasteiger partial charge is 0.338 e. The molecule has 1 aliphatic rings. The SMILES string of the molecule is Cc1nnc(SCC(=O)N2CCN(C(=O)C(C)C)C(C)C2)n1-c1cccc(Cl)c1. The molecule has 1 fully saturated rings. The average Bonchev–Trinajstić information content (AvgIpc) is 3.05. The second-order valence-electron chi connectivity index (χ2n) is 7.51. The molecule has 0 N–H and O–H groups in total. The van der Waals surface area contributed by atoms with E-state index in [-0.39, 0.29) is 29.5 Å². The number of aromatic nitrogens is 3. The summed E-state index contributed by atoms with van der Waals surface area (Å²) >= 11 is 7.47. The van der Waals surface area contributed by atoms with Gasteiger partial charge in [-0.05, 0) is 32.0 Å². The predicted octanol–water partition coefficient (Wildman–Crippen LogP) is 3.04. The second kappa shape index (κ2) is 9.17. The van der Waals surface area contributed by atoms with Crippen molar-refractivity contribution in [2.24, 2.45) is 5.92 Å². The van der Waals surface area contributed by atoms with E-state index in [1.807, 2.05) is 66.3 Å². The fourth-order valence-electron chi connectivity index (χ4n) is 3.41. The third-order valence-corrected chi connectivity index (χ3v) is 6.09. The van der Waals surface area contributed by atoms with Crippen LogP contribution in [0.1, 0.15) is 26.6 Å². The zero-order chi connectivity index (χ0) is 21.1. The predicted molar refractivity (Wildman–Crippen MR) is 114 cm³/mol. The molecule has 2 heterocycles. The molecule has 0 spiro atoms. The molecule has 3 rings (SSSR count). The monoisotopic (exact) mass is 435 g/mol. The van der Waals surface area contributed by atoms with Gasteiger partial charge in [-0.25, -0.2) is 0 Å². The quantitative estimate of drug-likeness (QED) is 0.675. The van der Waals surface area contributed by atoms with Crippen molar-refractivity contribution in [1.82, 2.24) is 24.6 Å². The van der Waals surface area contributed by atoms with E-state index in [1.54, 1.807) is 0 Å². The maximum Gasteiger partial charge on any atom is 0.233 e. The summed E-state index contributed by atoms with van der Waals surface area (Å²) in [5.74, 6) is 1.15. The summed E-state index contributed by atoms with van der Waals surface area (Å²) in [5.41, 5.74) is 0.865. The molecule has 0 radical (unpaired) electrons. The minimum atomic E-state index is -0.0312. The van der Waals surface area contributed by atoms with E-state index >= 15 is 0 Å². The lowest BCUT2D eigenvalue weighted by molar-refractivity contribution is -0.143. The van der Waals surface area contributed by atoms with Crippen LogP contribution in [0.5, 0.6) is 0 Å². The van der Waals surface area contributed by atoms with E-state index in [9.17, 15) is 9.59 Å². The van der Waals surface area contributed by atoms with Gasteiger partial charge in [-0.3, -0.25) is 14.2 Å². The van der Waals surface area contributed by atoms with E-state index in [0.29, 0.717) is 29.8 Å². The Morgan fingerprint density at radius 1 is 1.28 bits per heavy atom. The lowest BCUT2D eigenvalue weighted by Crippen LogP contribution is -2.56. The van der Waals surface area contributed by atoms with Gasteiger partial charge in [-0.15, -0.1) is 10.2 Å². The Bertz CT molecular complexity index is 901. The molecule has 1 aliphatic heterocycles. The summed E-state index contributed by atoms with van der Waals surface area (Å²) in [6, 6.07) is 7.48. The van der Waals surface area contributed by atoms with Gasteiger partial charge in [0.2, 0.25) is 11.8 Å². The number of amides is 2. The Labute approximate surface area is 180 Å². The van der Waals surface area contributed by atoms with Crippen molar-refractivity contribution in [2.45, 2.75) is 38.9 Å². The van der Waals surface area contributed by atoms with Crippen molar-refractivity contribution in [2.75, 3.05) is 25.4 Å². The highest BCUT2D eigenvalue weighted by Crippen LogP contribution is 2.24. The Kier molecular flexibility index (Phi) is 6.85.